The van der Waals surface area contributed by atoms with Crippen molar-refractivity contribution in [2.45, 2.75) is 4.90 Å². The zero-order valence-corrected chi connectivity index (χ0v) is 17.7. The lowest BCUT2D eigenvalue weighted by Crippen LogP contribution is -2.36. The van der Waals surface area contributed by atoms with E-state index in [9.17, 15) is 18.0 Å². The first-order chi connectivity index (χ1) is 14.3. The van der Waals surface area contributed by atoms with Gasteiger partial charge in [-0.15, -0.1) is 0 Å². The number of carbonyl (C=O) groups is 2. The van der Waals surface area contributed by atoms with Gasteiger partial charge in [-0.05, 0) is 41.1 Å². The molecule has 30 heavy (non-hydrogen) atoms. The Morgan fingerprint density at radius 3 is 2.30 bits per heavy atom. The van der Waals surface area contributed by atoms with Crippen molar-refractivity contribution >= 4 is 50.0 Å². The Hall–Kier alpha value is -3.10. The van der Waals surface area contributed by atoms with E-state index >= 15 is 0 Å². The molecule has 0 saturated carbocycles. The third-order valence-corrected chi connectivity index (χ3v) is 6.55. The first kappa shape index (κ1) is 21.6. The molecule has 3 rings (SSSR count). The molecule has 0 unspecified atom stereocenters. The normalized spacial score (nSPS) is 11.2. The maximum absolute atomic E-state index is 13.4. The minimum atomic E-state index is -4.18. The smallest absolute Gasteiger partial charge is 0.339 e. The van der Waals surface area contributed by atoms with Gasteiger partial charge in [0.1, 0.15) is 6.54 Å². The van der Waals surface area contributed by atoms with Crippen LogP contribution in [0.5, 0.6) is 0 Å². The molecule has 9 heteroatoms. The van der Waals surface area contributed by atoms with E-state index in [-0.39, 0.29) is 21.2 Å². The molecule has 156 valence electrons. The molecule has 0 aliphatic carbocycles. The Bertz CT molecular complexity index is 1230. The maximum atomic E-state index is 13.4. The first-order valence-electron chi connectivity index (χ1n) is 8.74. The SMILES string of the molecule is COC(=O)CN(c1ccc(Cl)c(C(=O)OC)c1)S(=O)(=O)c1ccc2ccccc2c1. The Morgan fingerprint density at radius 1 is 0.933 bits per heavy atom. The first-order valence-corrected chi connectivity index (χ1v) is 10.6. The number of hydrogen-bond donors (Lipinski definition) is 0. The lowest BCUT2D eigenvalue weighted by atomic mass is 10.1. The fourth-order valence-electron chi connectivity index (χ4n) is 2.89. The van der Waals surface area contributed by atoms with E-state index in [1.165, 1.54) is 37.4 Å². The number of hydrogen-bond acceptors (Lipinski definition) is 6. The Labute approximate surface area is 178 Å². The van der Waals surface area contributed by atoms with E-state index in [0.717, 1.165) is 22.2 Å². The molecule has 0 aliphatic heterocycles. The quantitative estimate of drug-likeness (QED) is 0.536. The van der Waals surface area contributed by atoms with E-state index in [4.69, 9.17) is 11.6 Å². The summed E-state index contributed by atoms with van der Waals surface area (Å²) < 4.78 is 37.1. The molecule has 0 amide bonds. The lowest BCUT2D eigenvalue weighted by Gasteiger charge is -2.24. The minimum Gasteiger partial charge on any atom is -0.468 e. The second-order valence-electron chi connectivity index (χ2n) is 6.25. The topological polar surface area (TPSA) is 90.0 Å². The Morgan fingerprint density at radius 2 is 1.63 bits per heavy atom. The van der Waals surface area contributed by atoms with Crippen LogP contribution in [0.3, 0.4) is 0 Å². The molecular weight excluding hydrogens is 430 g/mol. The van der Waals surface area contributed by atoms with Gasteiger partial charge in [-0.1, -0.05) is 41.9 Å². The highest BCUT2D eigenvalue weighted by atomic mass is 35.5. The molecule has 0 fully saturated rings. The highest BCUT2D eigenvalue weighted by Gasteiger charge is 2.29. The number of halogens is 1. The molecule has 0 aromatic heterocycles. The van der Waals surface area contributed by atoms with Crippen LogP contribution in [0.1, 0.15) is 10.4 Å². The van der Waals surface area contributed by atoms with Crippen molar-refractivity contribution in [3.05, 3.63) is 71.2 Å². The predicted octanol–water partition coefficient (Wildman–Crippen LogP) is 3.65. The number of rotatable bonds is 6. The van der Waals surface area contributed by atoms with Gasteiger partial charge in [0.05, 0.1) is 35.4 Å². The standard InChI is InChI=1S/C21H18ClNO6S/c1-28-20(24)13-23(16-8-10-19(22)18(12-16)21(25)29-2)30(26,27)17-9-7-14-5-3-4-6-15(14)11-17/h3-12H,13H2,1-2H3. The van der Waals surface area contributed by atoms with Gasteiger partial charge in [0.2, 0.25) is 0 Å². The minimum absolute atomic E-state index is 0.0142. The molecular formula is C21H18ClNO6S. The number of esters is 2. The van der Waals surface area contributed by atoms with Gasteiger partial charge in [-0.25, -0.2) is 13.2 Å². The van der Waals surface area contributed by atoms with Gasteiger partial charge in [0.15, 0.2) is 0 Å². The second-order valence-corrected chi connectivity index (χ2v) is 8.52. The fraction of sp³-hybridized carbons (Fsp3) is 0.143. The van der Waals surface area contributed by atoms with Crippen LogP contribution in [0.15, 0.2) is 65.6 Å². The summed E-state index contributed by atoms with van der Waals surface area (Å²) in [7, 11) is -1.83. The van der Waals surface area contributed by atoms with E-state index in [1.807, 2.05) is 12.1 Å². The fourth-order valence-corrected chi connectivity index (χ4v) is 4.52. The average molecular weight is 448 g/mol. The Balaban J connectivity index is 2.15. The number of ether oxygens (including phenoxy) is 2. The molecule has 0 aliphatic rings. The van der Waals surface area contributed by atoms with Crippen LogP contribution in [0, 0.1) is 0 Å². The van der Waals surface area contributed by atoms with Crippen molar-refractivity contribution < 1.29 is 27.5 Å². The number of nitrogens with zero attached hydrogens (tertiary/aromatic N) is 1. The number of carbonyl (C=O) groups excluding carboxylic acids is 2. The average Bonchev–Trinajstić information content (AvgIpc) is 2.76. The number of methoxy groups -OCH3 is 2. The molecule has 0 radical (unpaired) electrons. The van der Waals surface area contributed by atoms with Crippen molar-refractivity contribution in [3.8, 4) is 0 Å². The van der Waals surface area contributed by atoms with E-state index in [1.54, 1.807) is 18.2 Å². The lowest BCUT2D eigenvalue weighted by molar-refractivity contribution is -0.138. The molecule has 0 N–H and O–H groups in total. The van der Waals surface area contributed by atoms with Gasteiger partial charge >= 0.3 is 11.9 Å². The molecule has 0 bridgehead atoms. The number of benzene rings is 3. The summed E-state index contributed by atoms with van der Waals surface area (Å²) in [5.41, 5.74) is 0.0404. The maximum Gasteiger partial charge on any atom is 0.339 e. The van der Waals surface area contributed by atoms with E-state index in [2.05, 4.69) is 9.47 Å². The van der Waals surface area contributed by atoms with Crippen LogP contribution < -0.4 is 4.31 Å². The molecule has 7 nitrogen and oxygen atoms in total. The van der Waals surface area contributed by atoms with E-state index in [0.29, 0.717) is 0 Å². The van der Waals surface area contributed by atoms with Crippen molar-refractivity contribution in [2.75, 3.05) is 25.1 Å². The van der Waals surface area contributed by atoms with Crippen LogP contribution in [-0.4, -0.2) is 41.1 Å². The van der Waals surface area contributed by atoms with Gasteiger partial charge in [0, 0.05) is 0 Å². The Kier molecular flexibility index (Phi) is 6.28. The summed E-state index contributed by atoms with van der Waals surface area (Å²) in [6.45, 7) is -0.589. The molecule has 0 atom stereocenters. The van der Waals surface area contributed by atoms with Crippen LogP contribution in [-0.2, 0) is 24.3 Å². The van der Waals surface area contributed by atoms with Crippen LogP contribution in [0.2, 0.25) is 5.02 Å². The predicted molar refractivity (Wildman–Crippen MR) is 113 cm³/mol. The van der Waals surface area contributed by atoms with Crippen molar-refractivity contribution in [1.29, 1.82) is 0 Å². The number of fused-ring (bicyclic) bond motifs is 1. The van der Waals surface area contributed by atoms with Gasteiger partial charge in [0.25, 0.3) is 10.0 Å². The van der Waals surface area contributed by atoms with E-state index < -0.39 is 28.5 Å². The molecule has 0 saturated heterocycles. The third kappa shape index (κ3) is 4.24. The number of anilines is 1. The molecule has 3 aromatic rings. The molecule has 0 heterocycles. The summed E-state index contributed by atoms with van der Waals surface area (Å²) in [5.74, 6) is -1.50. The summed E-state index contributed by atoms with van der Waals surface area (Å²) in [6.07, 6.45) is 0. The zero-order chi connectivity index (χ0) is 21.9. The summed E-state index contributed by atoms with van der Waals surface area (Å²) in [5, 5.41) is 1.69. The van der Waals surface area contributed by atoms with Crippen LogP contribution in [0.4, 0.5) is 5.69 Å². The van der Waals surface area contributed by atoms with Gasteiger partial charge in [-0.3, -0.25) is 9.10 Å². The zero-order valence-electron chi connectivity index (χ0n) is 16.2. The van der Waals surface area contributed by atoms with Crippen LogP contribution in [0.25, 0.3) is 10.8 Å². The summed E-state index contributed by atoms with van der Waals surface area (Å²) in [4.78, 5) is 24.0. The van der Waals surface area contributed by atoms with Gasteiger partial charge < -0.3 is 9.47 Å². The monoisotopic (exact) mass is 447 g/mol. The van der Waals surface area contributed by atoms with Crippen molar-refractivity contribution in [1.82, 2.24) is 0 Å². The van der Waals surface area contributed by atoms with Crippen molar-refractivity contribution in [2.24, 2.45) is 0 Å². The summed E-state index contributed by atoms with van der Waals surface area (Å²) >= 11 is 6.04. The second kappa shape index (κ2) is 8.73. The van der Waals surface area contributed by atoms with Gasteiger partial charge in [-0.2, -0.15) is 0 Å². The highest BCUT2D eigenvalue weighted by molar-refractivity contribution is 7.92. The molecule has 0 spiro atoms. The molecule has 3 aromatic carbocycles. The largest absolute Gasteiger partial charge is 0.468 e. The number of sulfonamides is 1. The summed E-state index contributed by atoms with van der Waals surface area (Å²) in [6, 6.07) is 16.0. The van der Waals surface area contributed by atoms with Crippen LogP contribution >= 0.6 is 11.6 Å². The third-order valence-electron chi connectivity index (χ3n) is 4.45. The highest BCUT2D eigenvalue weighted by Crippen LogP contribution is 2.29. The van der Waals surface area contributed by atoms with Crippen molar-refractivity contribution in [3.63, 3.8) is 0 Å².